The Labute approximate surface area is 165 Å². The summed E-state index contributed by atoms with van der Waals surface area (Å²) in [5, 5.41) is 20.5. The number of nitrogens with one attached hydrogen (secondary N) is 2. The standard InChI is InChI=1S/C21H18N2O6/c1-27-14-5-3-4-13(9-14)23-21(26)17-8-12(11-29-20(17)22)19(25)16-10-15(28-2)6-7-18(16)24/h3-11,22,24H,1-2H3,(H,23,26). The van der Waals surface area contributed by atoms with Crippen LogP contribution in [-0.4, -0.2) is 31.0 Å². The van der Waals surface area contributed by atoms with E-state index in [1.807, 2.05) is 0 Å². The average Bonchev–Trinajstić information content (AvgIpc) is 2.74. The van der Waals surface area contributed by atoms with Crippen molar-refractivity contribution in [2.24, 2.45) is 0 Å². The van der Waals surface area contributed by atoms with Gasteiger partial charge in [0.15, 0.2) is 5.78 Å². The normalized spacial score (nSPS) is 10.3. The Hall–Kier alpha value is -4.07. The summed E-state index contributed by atoms with van der Waals surface area (Å²) in [4.78, 5) is 25.4. The largest absolute Gasteiger partial charge is 0.507 e. The molecule has 0 fully saturated rings. The second-order valence-corrected chi connectivity index (χ2v) is 5.98. The third-order valence-electron chi connectivity index (χ3n) is 4.13. The Kier molecular flexibility index (Phi) is 5.64. The molecule has 1 amide bonds. The molecule has 3 N–H and O–H groups in total. The zero-order valence-electron chi connectivity index (χ0n) is 15.7. The molecule has 8 nitrogen and oxygen atoms in total. The van der Waals surface area contributed by atoms with Gasteiger partial charge in [-0.3, -0.25) is 15.0 Å². The van der Waals surface area contributed by atoms with Crippen molar-refractivity contribution in [3.63, 3.8) is 0 Å². The maximum absolute atomic E-state index is 12.8. The molecule has 1 aromatic heterocycles. The molecular weight excluding hydrogens is 376 g/mol. The van der Waals surface area contributed by atoms with E-state index >= 15 is 0 Å². The molecule has 0 saturated carbocycles. The third kappa shape index (κ3) is 4.27. The number of phenolic OH excluding ortho intramolecular Hbond substituents is 1. The number of phenols is 1. The maximum Gasteiger partial charge on any atom is 0.261 e. The van der Waals surface area contributed by atoms with Gasteiger partial charge < -0.3 is 24.3 Å². The lowest BCUT2D eigenvalue weighted by atomic mass is 10.0. The molecule has 2 aromatic carbocycles. The Morgan fingerprint density at radius 2 is 1.72 bits per heavy atom. The van der Waals surface area contributed by atoms with Crippen molar-refractivity contribution in [1.82, 2.24) is 0 Å². The van der Waals surface area contributed by atoms with E-state index in [1.54, 1.807) is 24.3 Å². The van der Waals surface area contributed by atoms with Crippen molar-refractivity contribution >= 4 is 17.4 Å². The summed E-state index contributed by atoms with van der Waals surface area (Å²) in [7, 11) is 2.94. The van der Waals surface area contributed by atoms with E-state index in [-0.39, 0.29) is 22.4 Å². The highest BCUT2D eigenvalue weighted by Crippen LogP contribution is 2.25. The Morgan fingerprint density at radius 1 is 1.00 bits per heavy atom. The van der Waals surface area contributed by atoms with Crippen LogP contribution in [0.15, 0.2) is 59.2 Å². The number of ketones is 1. The molecule has 1 heterocycles. The minimum Gasteiger partial charge on any atom is -0.507 e. The highest BCUT2D eigenvalue weighted by molar-refractivity contribution is 6.12. The third-order valence-corrected chi connectivity index (χ3v) is 4.13. The summed E-state index contributed by atoms with van der Waals surface area (Å²) in [5.41, 5.74) is -0.106. The Balaban J connectivity index is 1.92. The van der Waals surface area contributed by atoms with Gasteiger partial charge in [-0.2, -0.15) is 0 Å². The molecule has 0 spiro atoms. The number of aromatic hydroxyl groups is 1. The van der Waals surface area contributed by atoms with E-state index in [9.17, 15) is 14.7 Å². The number of benzene rings is 2. The summed E-state index contributed by atoms with van der Waals surface area (Å²) >= 11 is 0. The number of amides is 1. The topological polar surface area (TPSA) is 122 Å². The molecule has 0 unspecified atom stereocenters. The molecule has 29 heavy (non-hydrogen) atoms. The first-order valence-electron chi connectivity index (χ1n) is 8.47. The molecule has 0 aliphatic carbocycles. The lowest BCUT2D eigenvalue weighted by Gasteiger charge is -2.09. The fourth-order valence-corrected chi connectivity index (χ4v) is 2.61. The minimum absolute atomic E-state index is 0.000320. The van der Waals surface area contributed by atoms with Gasteiger partial charge in [0, 0.05) is 11.8 Å². The van der Waals surface area contributed by atoms with Crippen molar-refractivity contribution in [2.45, 2.75) is 0 Å². The van der Waals surface area contributed by atoms with Crippen LogP contribution in [0.2, 0.25) is 0 Å². The smallest absolute Gasteiger partial charge is 0.261 e. The number of rotatable bonds is 6. The van der Waals surface area contributed by atoms with Crippen molar-refractivity contribution in [1.29, 1.82) is 5.41 Å². The van der Waals surface area contributed by atoms with Gasteiger partial charge >= 0.3 is 0 Å². The SMILES string of the molecule is COc1cccc(NC(=O)c2cc(C(=O)c3cc(OC)ccc3O)coc2=N)c1. The lowest BCUT2D eigenvalue weighted by Crippen LogP contribution is -2.22. The molecule has 0 saturated heterocycles. The van der Waals surface area contributed by atoms with Gasteiger partial charge in [-0.15, -0.1) is 0 Å². The number of carbonyl (C=O) groups is 2. The summed E-state index contributed by atoms with van der Waals surface area (Å²) in [5.74, 6) is -0.516. The first kappa shape index (κ1) is 19.7. The van der Waals surface area contributed by atoms with Gasteiger partial charge in [-0.25, -0.2) is 0 Å². The van der Waals surface area contributed by atoms with Crippen LogP contribution >= 0.6 is 0 Å². The van der Waals surface area contributed by atoms with Crippen molar-refractivity contribution < 1.29 is 28.6 Å². The van der Waals surface area contributed by atoms with E-state index in [2.05, 4.69) is 5.32 Å². The van der Waals surface area contributed by atoms with Crippen LogP contribution in [0, 0.1) is 5.41 Å². The molecule has 8 heteroatoms. The Morgan fingerprint density at radius 3 is 2.45 bits per heavy atom. The van der Waals surface area contributed by atoms with Crippen molar-refractivity contribution in [2.75, 3.05) is 19.5 Å². The number of hydrogen-bond acceptors (Lipinski definition) is 7. The van der Waals surface area contributed by atoms with Crippen LogP contribution in [0.5, 0.6) is 17.2 Å². The zero-order valence-corrected chi connectivity index (χ0v) is 15.7. The highest BCUT2D eigenvalue weighted by Gasteiger charge is 2.19. The molecule has 0 aliphatic rings. The van der Waals surface area contributed by atoms with Crippen LogP contribution in [0.25, 0.3) is 0 Å². The van der Waals surface area contributed by atoms with E-state index in [0.717, 1.165) is 6.26 Å². The first-order chi connectivity index (χ1) is 13.9. The van der Waals surface area contributed by atoms with Gasteiger partial charge in [0.25, 0.3) is 5.91 Å². The van der Waals surface area contributed by atoms with Crippen LogP contribution in [0.1, 0.15) is 26.3 Å². The lowest BCUT2D eigenvalue weighted by molar-refractivity contribution is 0.102. The van der Waals surface area contributed by atoms with Gasteiger partial charge in [0.05, 0.1) is 25.3 Å². The molecule has 0 bridgehead atoms. The van der Waals surface area contributed by atoms with E-state index < -0.39 is 17.2 Å². The van der Waals surface area contributed by atoms with Gasteiger partial charge in [-0.1, -0.05) is 6.07 Å². The molecule has 148 valence electrons. The summed E-state index contributed by atoms with van der Waals surface area (Å²) in [6.07, 6.45) is 1.06. The Bertz CT molecular complexity index is 1140. The molecule has 0 radical (unpaired) electrons. The second kappa shape index (κ2) is 8.30. The van der Waals surface area contributed by atoms with E-state index in [1.165, 1.54) is 38.5 Å². The number of anilines is 1. The second-order valence-electron chi connectivity index (χ2n) is 5.98. The first-order valence-corrected chi connectivity index (χ1v) is 8.47. The summed E-state index contributed by atoms with van der Waals surface area (Å²) < 4.78 is 15.3. The number of hydrogen-bond donors (Lipinski definition) is 3. The maximum atomic E-state index is 12.8. The average molecular weight is 394 g/mol. The van der Waals surface area contributed by atoms with Crippen LogP contribution in [0.3, 0.4) is 0 Å². The summed E-state index contributed by atoms with van der Waals surface area (Å²) in [6.45, 7) is 0. The molecule has 3 aromatic rings. The van der Waals surface area contributed by atoms with Gasteiger partial charge in [0.1, 0.15) is 29.1 Å². The van der Waals surface area contributed by atoms with Gasteiger partial charge in [0.2, 0.25) is 5.55 Å². The van der Waals surface area contributed by atoms with Crippen LogP contribution in [0.4, 0.5) is 5.69 Å². The zero-order chi connectivity index (χ0) is 21.0. The predicted molar refractivity (Wildman–Crippen MR) is 104 cm³/mol. The van der Waals surface area contributed by atoms with Crippen LogP contribution < -0.4 is 20.3 Å². The molecule has 0 atom stereocenters. The number of ether oxygens (including phenoxy) is 2. The minimum atomic E-state index is -0.628. The van der Waals surface area contributed by atoms with Crippen molar-refractivity contribution in [3.8, 4) is 17.2 Å². The fraction of sp³-hybridized carbons (Fsp3) is 0.0952. The monoisotopic (exact) mass is 394 g/mol. The molecular formula is C21H18N2O6. The predicted octanol–water partition coefficient (Wildman–Crippen LogP) is 2.97. The quantitative estimate of drug-likeness (QED) is 0.553. The van der Waals surface area contributed by atoms with E-state index in [0.29, 0.717) is 17.2 Å². The van der Waals surface area contributed by atoms with Crippen LogP contribution in [-0.2, 0) is 0 Å². The number of methoxy groups -OCH3 is 2. The summed E-state index contributed by atoms with van der Waals surface area (Å²) in [6, 6.07) is 12.2. The molecule has 3 rings (SSSR count). The molecule has 0 aliphatic heterocycles. The fourth-order valence-electron chi connectivity index (χ4n) is 2.61. The van der Waals surface area contributed by atoms with Crippen molar-refractivity contribution in [3.05, 3.63) is 77.0 Å². The number of carbonyl (C=O) groups excluding carboxylic acids is 2. The van der Waals surface area contributed by atoms with Gasteiger partial charge in [-0.05, 0) is 36.4 Å². The van der Waals surface area contributed by atoms with E-state index in [4.69, 9.17) is 19.3 Å². The highest BCUT2D eigenvalue weighted by atomic mass is 16.5.